The summed E-state index contributed by atoms with van der Waals surface area (Å²) >= 11 is 0. The Kier molecular flexibility index (Phi) is 16.0. The first-order valence-electron chi connectivity index (χ1n) is 24.5. The molecule has 0 amide bonds. The van der Waals surface area contributed by atoms with Crippen LogP contribution in [0, 0.1) is 0 Å². The molecule has 0 saturated carbocycles. The van der Waals surface area contributed by atoms with Crippen molar-refractivity contribution in [1.29, 1.82) is 0 Å². The SMILES string of the molecule is COC1(C(=Cc2ccccc2)C(=O)C=Cc2ccccc2)C=CC2=C(N1)C(OCc1ccccc1)(C(=Cc1ccccc1)C(=O)C=Cc1ccccc1)C(=O)C(C(=Cc1ccccc1)C(=O)C=Cc1ccccc1)=N2. The Morgan fingerprint density at radius 3 is 1.33 bits per heavy atom. The Labute approximate surface area is 437 Å². The van der Waals surface area contributed by atoms with Crippen LogP contribution >= 0.6 is 0 Å². The minimum Gasteiger partial charge on any atom is -0.351 e. The summed E-state index contributed by atoms with van der Waals surface area (Å²) in [6.45, 7) is -0.200. The predicted octanol–water partition coefficient (Wildman–Crippen LogP) is 12.8. The number of hydrogen-bond donors (Lipinski definition) is 1. The van der Waals surface area contributed by atoms with E-state index in [9.17, 15) is 9.59 Å². The lowest BCUT2D eigenvalue weighted by Crippen LogP contribution is -2.62. The van der Waals surface area contributed by atoms with Crippen LogP contribution in [0.2, 0.25) is 0 Å². The number of hydrogen-bond acceptors (Lipinski definition) is 8. The normalized spacial score (nSPS) is 18.0. The van der Waals surface area contributed by atoms with Crippen LogP contribution in [-0.2, 0) is 35.3 Å². The van der Waals surface area contributed by atoms with E-state index in [1.165, 1.54) is 25.3 Å². The van der Waals surface area contributed by atoms with Crippen LogP contribution in [-0.4, -0.2) is 47.3 Å². The first-order valence-corrected chi connectivity index (χ1v) is 24.5. The van der Waals surface area contributed by atoms with Gasteiger partial charge in [0.1, 0.15) is 5.71 Å². The van der Waals surface area contributed by atoms with E-state index in [0.29, 0.717) is 22.3 Å². The molecule has 2 atom stereocenters. The summed E-state index contributed by atoms with van der Waals surface area (Å²) in [4.78, 5) is 67.5. The molecule has 2 heterocycles. The van der Waals surface area contributed by atoms with Crippen molar-refractivity contribution in [2.45, 2.75) is 17.9 Å². The van der Waals surface area contributed by atoms with Crippen LogP contribution in [0.25, 0.3) is 36.5 Å². The first kappa shape index (κ1) is 50.5. The molecule has 2 aliphatic heterocycles. The topological polar surface area (TPSA) is 111 Å². The number of carbonyl (C=O) groups excluding carboxylic acids is 4. The number of benzene rings is 7. The van der Waals surface area contributed by atoms with Crippen molar-refractivity contribution >= 4 is 65.3 Å². The molecule has 9 rings (SSSR count). The third kappa shape index (κ3) is 11.9. The Morgan fingerprint density at radius 2 is 0.880 bits per heavy atom. The van der Waals surface area contributed by atoms with Crippen LogP contribution in [0.1, 0.15) is 38.9 Å². The zero-order valence-corrected chi connectivity index (χ0v) is 41.2. The fourth-order valence-electron chi connectivity index (χ4n) is 8.78. The van der Waals surface area contributed by atoms with Crippen molar-refractivity contribution in [3.05, 3.63) is 310 Å². The highest BCUT2D eigenvalue weighted by atomic mass is 16.5. The summed E-state index contributed by atoms with van der Waals surface area (Å²) in [5.74, 6) is -2.34. The van der Waals surface area contributed by atoms with Gasteiger partial charge in [-0.3, -0.25) is 19.2 Å². The summed E-state index contributed by atoms with van der Waals surface area (Å²) in [5.41, 5.74) is 0.496. The van der Waals surface area contributed by atoms with Gasteiger partial charge in [-0.1, -0.05) is 231 Å². The molecule has 0 radical (unpaired) electrons. The lowest BCUT2D eigenvalue weighted by Gasteiger charge is -2.45. The van der Waals surface area contributed by atoms with Gasteiger partial charge in [-0.05, 0) is 87.6 Å². The van der Waals surface area contributed by atoms with E-state index < -0.39 is 34.5 Å². The molecule has 7 aromatic carbocycles. The Balaban J connectivity index is 1.33. The van der Waals surface area contributed by atoms with E-state index >= 15 is 9.59 Å². The van der Waals surface area contributed by atoms with Gasteiger partial charge in [-0.25, -0.2) is 4.99 Å². The number of dihydropyridines is 1. The van der Waals surface area contributed by atoms with E-state index in [0.717, 1.165) is 16.7 Å². The van der Waals surface area contributed by atoms with Gasteiger partial charge in [0.2, 0.25) is 11.4 Å². The number of rotatable bonds is 19. The molecule has 7 aromatic rings. The first-order chi connectivity index (χ1) is 36.7. The fraction of sp³-hybridized carbons (Fsp3) is 0.0597. The van der Waals surface area contributed by atoms with Crippen molar-refractivity contribution in [2.75, 3.05) is 7.11 Å². The molecule has 366 valence electrons. The average Bonchev–Trinajstić information content (AvgIpc) is 3.48. The molecule has 0 spiro atoms. The molecule has 0 bridgehead atoms. The Bertz CT molecular complexity index is 3470. The maximum atomic E-state index is 16.8. The number of aliphatic imine (C=N–C) groups is 1. The monoisotopic (exact) mass is 980 g/mol. The summed E-state index contributed by atoms with van der Waals surface area (Å²) < 4.78 is 13.7. The van der Waals surface area contributed by atoms with Gasteiger partial charge in [0.05, 0.1) is 29.1 Å². The van der Waals surface area contributed by atoms with Gasteiger partial charge >= 0.3 is 0 Å². The van der Waals surface area contributed by atoms with Crippen LogP contribution in [0.4, 0.5) is 0 Å². The lowest BCUT2D eigenvalue weighted by molar-refractivity contribution is -0.134. The third-order valence-corrected chi connectivity index (χ3v) is 12.6. The molecule has 75 heavy (non-hydrogen) atoms. The summed E-state index contributed by atoms with van der Waals surface area (Å²) in [6, 6.07) is 65.1. The molecule has 8 nitrogen and oxygen atoms in total. The van der Waals surface area contributed by atoms with Gasteiger partial charge in [0.15, 0.2) is 23.1 Å². The predicted molar refractivity (Wildman–Crippen MR) is 300 cm³/mol. The standard InChI is InChI=1S/C67H52N2O6/c1-74-66(57(46-53-31-17-6-18-32-53)61(71)41-38-50-25-11-3-12-26-50)44-43-59-64(69-66)67(75-48-55-35-21-8-22-36-55,58(47-54-33-19-7-20-34-54)62(72)42-39-51-27-13-4-14-28-51)65(73)63(68-59)56(45-52-29-15-5-16-30-52)60(70)40-37-49-23-9-2-10-24-49/h2-47,69H,48H2,1H3. The zero-order chi connectivity index (χ0) is 51.9. The van der Waals surface area contributed by atoms with Crippen molar-refractivity contribution in [3.8, 4) is 0 Å². The van der Waals surface area contributed by atoms with Crippen LogP contribution in [0.15, 0.2) is 276 Å². The number of methoxy groups -OCH3 is 1. The van der Waals surface area contributed by atoms with Gasteiger partial charge in [0.25, 0.3) is 0 Å². The molecule has 8 heteroatoms. The van der Waals surface area contributed by atoms with Gasteiger partial charge < -0.3 is 14.8 Å². The van der Waals surface area contributed by atoms with E-state index in [2.05, 4.69) is 5.32 Å². The molecule has 0 saturated heterocycles. The van der Waals surface area contributed by atoms with Gasteiger partial charge in [-0.2, -0.15) is 0 Å². The molecule has 2 aliphatic rings. The van der Waals surface area contributed by atoms with Crippen molar-refractivity contribution in [3.63, 3.8) is 0 Å². The fourth-order valence-corrected chi connectivity index (χ4v) is 8.78. The molecule has 0 aliphatic carbocycles. The number of nitrogens with zero attached hydrogens (tertiary/aromatic N) is 1. The number of nitrogens with one attached hydrogen (secondary N) is 1. The second kappa shape index (κ2) is 23.8. The largest absolute Gasteiger partial charge is 0.351 e. The number of ketones is 4. The maximum absolute atomic E-state index is 16.8. The van der Waals surface area contributed by atoms with Gasteiger partial charge in [0, 0.05) is 12.7 Å². The smallest absolute Gasteiger partial charge is 0.224 e. The van der Waals surface area contributed by atoms with E-state index in [-0.39, 0.29) is 40.4 Å². The zero-order valence-electron chi connectivity index (χ0n) is 41.2. The molecule has 0 aromatic heterocycles. The lowest BCUT2D eigenvalue weighted by atomic mass is 9.74. The maximum Gasteiger partial charge on any atom is 0.224 e. The number of Topliss-reactive ketones (excluding diaryl/α,β-unsaturated/α-hetero) is 1. The molecular weight excluding hydrogens is 929 g/mol. The average molecular weight is 981 g/mol. The van der Waals surface area contributed by atoms with E-state index in [1.54, 1.807) is 48.6 Å². The second-order valence-corrected chi connectivity index (χ2v) is 17.6. The molecular formula is C67H52N2O6. The van der Waals surface area contributed by atoms with E-state index in [4.69, 9.17) is 14.5 Å². The third-order valence-electron chi connectivity index (χ3n) is 12.6. The van der Waals surface area contributed by atoms with Crippen LogP contribution in [0.5, 0.6) is 0 Å². The minimum atomic E-state index is -2.43. The highest BCUT2D eigenvalue weighted by molar-refractivity contribution is 6.58. The van der Waals surface area contributed by atoms with Crippen molar-refractivity contribution in [2.24, 2.45) is 4.99 Å². The summed E-state index contributed by atoms with van der Waals surface area (Å²) in [5, 5.41) is 3.51. The second-order valence-electron chi connectivity index (χ2n) is 17.6. The Morgan fingerprint density at radius 1 is 0.493 bits per heavy atom. The molecule has 0 fully saturated rings. The van der Waals surface area contributed by atoms with E-state index in [1.807, 2.05) is 212 Å². The number of ether oxygens (including phenoxy) is 2. The molecule has 1 N–H and O–H groups in total. The number of allylic oxidation sites excluding steroid dienone is 5. The van der Waals surface area contributed by atoms with Gasteiger partial charge in [-0.15, -0.1) is 0 Å². The summed E-state index contributed by atoms with van der Waals surface area (Å²) in [7, 11) is 1.45. The van der Waals surface area contributed by atoms with Crippen LogP contribution in [0.3, 0.4) is 0 Å². The quantitative estimate of drug-likeness (QED) is 0.0803. The Hall–Kier alpha value is -9.47. The highest BCUT2D eigenvalue weighted by Gasteiger charge is 2.57. The van der Waals surface area contributed by atoms with Crippen LogP contribution < -0.4 is 5.32 Å². The number of carbonyl (C=O) groups is 4. The summed E-state index contributed by atoms with van der Waals surface area (Å²) in [6.07, 6.45) is 17.6. The van der Waals surface area contributed by atoms with Crippen molar-refractivity contribution in [1.82, 2.24) is 5.32 Å². The van der Waals surface area contributed by atoms with Crippen molar-refractivity contribution < 1.29 is 28.7 Å². The minimum absolute atomic E-state index is 0.00492. The molecule has 2 unspecified atom stereocenters. The highest BCUT2D eigenvalue weighted by Crippen LogP contribution is 2.44.